The van der Waals surface area contributed by atoms with Gasteiger partial charge >= 0.3 is 5.63 Å². The van der Waals surface area contributed by atoms with Crippen LogP contribution in [0.3, 0.4) is 0 Å². The molecule has 0 unspecified atom stereocenters. The highest BCUT2D eigenvalue weighted by atomic mass is 16.5. The zero-order valence-electron chi connectivity index (χ0n) is 14.2. The van der Waals surface area contributed by atoms with Gasteiger partial charge in [0.15, 0.2) is 0 Å². The minimum atomic E-state index is -0.308. The molecule has 0 atom stereocenters. The van der Waals surface area contributed by atoms with E-state index in [0.717, 1.165) is 28.8 Å². The van der Waals surface area contributed by atoms with Crippen LogP contribution in [0.5, 0.6) is 5.75 Å². The van der Waals surface area contributed by atoms with Gasteiger partial charge in [0.05, 0.1) is 7.11 Å². The third-order valence-electron chi connectivity index (χ3n) is 4.01. The molecule has 0 spiro atoms. The third kappa shape index (κ3) is 3.66. The lowest BCUT2D eigenvalue weighted by molar-refractivity contribution is 0.318. The summed E-state index contributed by atoms with van der Waals surface area (Å²) in [5.41, 5.74) is 3.56. The highest BCUT2D eigenvalue weighted by Gasteiger charge is 2.09. The Morgan fingerprint density at radius 2 is 1.92 bits per heavy atom. The molecule has 0 bridgehead atoms. The second-order valence-electron chi connectivity index (χ2n) is 6.11. The van der Waals surface area contributed by atoms with E-state index in [-0.39, 0.29) is 5.63 Å². The van der Waals surface area contributed by atoms with E-state index in [2.05, 4.69) is 11.0 Å². The molecule has 1 heterocycles. The number of hydrogen-bond acceptors (Lipinski definition) is 4. The first kappa shape index (κ1) is 16.3. The van der Waals surface area contributed by atoms with Crippen molar-refractivity contribution in [1.29, 1.82) is 0 Å². The highest BCUT2D eigenvalue weighted by molar-refractivity contribution is 5.80. The van der Waals surface area contributed by atoms with E-state index >= 15 is 0 Å². The summed E-state index contributed by atoms with van der Waals surface area (Å²) in [6.07, 6.45) is 0. The second kappa shape index (κ2) is 6.89. The molecular formula is C20H21NO3. The number of hydrogen-bond donors (Lipinski definition) is 0. The smallest absolute Gasteiger partial charge is 0.336 e. The lowest BCUT2D eigenvalue weighted by Gasteiger charge is -2.18. The monoisotopic (exact) mass is 323 g/mol. The molecule has 0 N–H and O–H groups in total. The second-order valence-corrected chi connectivity index (χ2v) is 6.11. The quantitative estimate of drug-likeness (QED) is 0.671. The molecule has 0 fully saturated rings. The maximum absolute atomic E-state index is 11.8. The molecule has 124 valence electrons. The van der Waals surface area contributed by atoms with Gasteiger partial charge in [-0.2, -0.15) is 0 Å². The standard InChI is InChI=1S/C20H21NO3/c1-14-7-8-18-16(11-20(22)24-19(18)9-14)13-21(2)12-15-5-4-6-17(10-15)23-3/h4-11H,12-13H2,1-3H3. The van der Waals surface area contributed by atoms with Crippen molar-refractivity contribution in [3.8, 4) is 5.75 Å². The molecule has 3 rings (SSSR count). The first-order valence-corrected chi connectivity index (χ1v) is 7.90. The number of aryl methyl sites for hydroxylation is 1. The normalized spacial score (nSPS) is 11.2. The van der Waals surface area contributed by atoms with Crippen molar-refractivity contribution >= 4 is 11.0 Å². The van der Waals surface area contributed by atoms with Crippen molar-refractivity contribution in [2.75, 3.05) is 14.2 Å². The third-order valence-corrected chi connectivity index (χ3v) is 4.01. The highest BCUT2D eigenvalue weighted by Crippen LogP contribution is 2.21. The average Bonchev–Trinajstić information content (AvgIpc) is 2.54. The first-order valence-electron chi connectivity index (χ1n) is 7.90. The fraction of sp³-hybridized carbons (Fsp3) is 0.250. The van der Waals surface area contributed by atoms with Crippen molar-refractivity contribution in [2.45, 2.75) is 20.0 Å². The minimum absolute atomic E-state index is 0.308. The van der Waals surface area contributed by atoms with Crippen molar-refractivity contribution in [1.82, 2.24) is 4.90 Å². The average molecular weight is 323 g/mol. The van der Waals surface area contributed by atoms with Gasteiger partial charge in [0.1, 0.15) is 11.3 Å². The van der Waals surface area contributed by atoms with Gasteiger partial charge in [-0.1, -0.05) is 24.3 Å². The van der Waals surface area contributed by atoms with Gasteiger partial charge in [0, 0.05) is 24.5 Å². The largest absolute Gasteiger partial charge is 0.497 e. The zero-order valence-corrected chi connectivity index (χ0v) is 14.2. The predicted molar refractivity (Wildman–Crippen MR) is 95.4 cm³/mol. The Morgan fingerprint density at radius 3 is 2.71 bits per heavy atom. The van der Waals surface area contributed by atoms with Crippen LogP contribution in [0.2, 0.25) is 0 Å². The molecule has 1 aromatic heterocycles. The van der Waals surface area contributed by atoms with E-state index in [1.807, 2.05) is 50.4 Å². The molecule has 4 heteroatoms. The van der Waals surface area contributed by atoms with Crippen LogP contribution in [-0.2, 0) is 13.1 Å². The van der Waals surface area contributed by atoms with Crippen LogP contribution >= 0.6 is 0 Å². The van der Waals surface area contributed by atoms with Crippen LogP contribution < -0.4 is 10.4 Å². The lowest BCUT2D eigenvalue weighted by Crippen LogP contribution is -2.18. The van der Waals surface area contributed by atoms with Gasteiger partial charge in [0.25, 0.3) is 0 Å². The Bertz CT molecular complexity index is 914. The van der Waals surface area contributed by atoms with Gasteiger partial charge in [-0.3, -0.25) is 4.90 Å². The summed E-state index contributed by atoms with van der Waals surface area (Å²) in [5, 5.41) is 0.984. The summed E-state index contributed by atoms with van der Waals surface area (Å²) in [6, 6.07) is 15.6. The fourth-order valence-electron chi connectivity index (χ4n) is 2.90. The summed E-state index contributed by atoms with van der Waals surface area (Å²) in [5.74, 6) is 0.849. The Morgan fingerprint density at radius 1 is 1.08 bits per heavy atom. The summed E-state index contributed by atoms with van der Waals surface area (Å²) >= 11 is 0. The number of benzene rings is 2. The molecule has 0 radical (unpaired) electrons. The maximum Gasteiger partial charge on any atom is 0.336 e. The number of nitrogens with zero attached hydrogens (tertiary/aromatic N) is 1. The van der Waals surface area contributed by atoms with Crippen LogP contribution in [0.1, 0.15) is 16.7 Å². The van der Waals surface area contributed by atoms with Crippen LogP contribution in [0.25, 0.3) is 11.0 Å². The lowest BCUT2D eigenvalue weighted by atomic mass is 10.1. The van der Waals surface area contributed by atoms with E-state index in [1.54, 1.807) is 13.2 Å². The number of fused-ring (bicyclic) bond motifs is 1. The SMILES string of the molecule is COc1cccc(CN(C)Cc2cc(=O)oc3cc(C)ccc23)c1. The number of ether oxygens (including phenoxy) is 1. The molecule has 0 saturated heterocycles. The van der Waals surface area contributed by atoms with E-state index in [1.165, 1.54) is 5.56 Å². The summed E-state index contributed by atoms with van der Waals surface area (Å²) in [4.78, 5) is 14.0. The van der Waals surface area contributed by atoms with Crippen molar-refractivity contribution in [3.05, 3.63) is 75.6 Å². The Balaban J connectivity index is 1.84. The van der Waals surface area contributed by atoms with Gasteiger partial charge in [-0.15, -0.1) is 0 Å². The van der Waals surface area contributed by atoms with E-state index in [9.17, 15) is 4.79 Å². The minimum Gasteiger partial charge on any atom is -0.497 e. The zero-order chi connectivity index (χ0) is 17.1. The summed E-state index contributed by atoms with van der Waals surface area (Å²) < 4.78 is 10.6. The van der Waals surface area contributed by atoms with Crippen molar-refractivity contribution in [3.63, 3.8) is 0 Å². The molecule has 0 aliphatic heterocycles. The van der Waals surface area contributed by atoms with Crippen LogP contribution in [-0.4, -0.2) is 19.1 Å². The molecule has 3 aromatic rings. The van der Waals surface area contributed by atoms with Crippen LogP contribution in [0.15, 0.2) is 57.7 Å². The van der Waals surface area contributed by atoms with Crippen LogP contribution in [0.4, 0.5) is 0 Å². The topological polar surface area (TPSA) is 42.7 Å². The van der Waals surface area contributed by atoms with Crippen LogP contribution in [0, 0.1) is 6.92 Å². The van der Waals surface area contributed by atoms with E-state index in [0.29, 0.717) is 12.1 Å². The molecule has 4 nitrogen and oxygen atoms in total. The molecule has 2 aromatic carbocycles. The summed E-state index contributed by atoms with van der Waals surface area (Å²) in [7, 11) is 3.70. The number of rotatable bonds is 5. The van der Waals surface area contributed by atoms with Gasteiger partial charge in [-0.05, 0) is 48.9 Å². The van der Waals surface area contributed by atoms with Crippen molar-refractivity contribution in [2.24, 2.45) is 0 Å². The Hall–Kier alpha value is -2.59. The Kier molecular flexibility index (Phi) is 4.67. The molecule has 0 saturated carbocycles. The van der Waals surface area contributed by atoms with Gasteiger partial charge < -0.3 is 9.15 Å². The molecule has 0 aliphatic rings. The van der Waals surface area contributed by atoms with E-state index < -0.39 is 0 Å². The first-order chi connectivity index (χ1) is 11.5. The molecular weight excluding hydrogens is 302 g/mol. The van der Waals surface area contributed by atoms with Gasteiger partial charge in [0.2, 0.25) is 0 Å². The fourth-order valence-corrected chi connectivity index (χ4v) is 2.90. The van der Waals surface area contributed by atoms with Crippen molar-refractivity contribution < 1.29 is 9.15 Å². The van der Waals surface area contributed by atoms with E-state index in [4.69, 9.17) is 9.15 Å². The molecule has 0 amide bonds. The van der Waals surface area contributed by atoms with Gasteiger partial charge in [-0.25, -0.2) is 4.79 Å². The number of methoxy groups -OCH3 is 1. The molecule has 0 aliphatic carbocycles. The maximum atomic E-state index is 11.8. The summed E-state index contributed by atoms with van der Waals surface area (Å²) in [6.45, 7) is 3.42. The Labute approximate surface area is 141 Å². The molecule has 24 heavy (non-hydrogen) atoms. The predicted octanol–water partition coefficient (Wildman–Crippen LogP) is 3.74.